The number of ether oxygens (including phenoxy) is 2. The van der Waals surface area contributed by atoms with Gasteiger partial charge in [0.2, 0.25) is 0 Å². The van der Waals surface area contributed by atoms with Gasteiger partial charge in [0.05, 0.1) is 6.10 Å². The van der Waals surface area contributed by atoms with Crippen molar-refractivity contribution in [2.45, 2.75) is 43.9 Å². The molecule has 3 heteroatoms. The Bertz CT molecular complexity index is 3420. The predicted octanol–water partition coefficient (Wildman–Crippen LogP) is 13.4. The van der Waals surface area contributed by atoms with E-state index in [1.807, 2.05) is 13.8 Å². The Kier molecular flexibility index (Phi) is 6.42. The standard InChI is InChI=1S/C55H38O3/c1-54(2)57-46(30-40-19-18-37-15-12-31-6-3-9-34-20-25-41(40)50(37)47(31)34)53(58-54)55(56,44-28-23-38-16-13-32-7-4-10-35-21-26-42(44)51(38)48(32)35)45-29-24-39-17-14-33-8-5-11-36-22-27-43(45)52(39)49(33)36/h3-29,46,53,56H,30H2,1-2H3/t46-,53+/m0/s1. The van der Waals surface area contributed by atoms with Crippen molar-refractivity contribution >= 4 is 97.0 Å². The molecule has 1 heterocycles. The van der Waals surface area contributed by atoms with Gasteiger partial charge in [-0.2, -0.15) is 0 Å². The van der Waals surface area contributed by atoms with Crippen LogP contribution < -0.4 is 0 Å². The summed E-state index contributed by atoms with van der Waals surface area (Å²) in [7, 11) is 0. The van der Waals surface area contributed by atoms with Gasteiger partial charge < -0.3 is 14.6 Å². The highest BCUT2D eigenvalue weighted by molar-refractivity contribution is 6.26. The van der Waals surface area contributed by atoms with Crippen LogP contribution in [0.4, 0.5) is 0 Å². The summed E-state index contributed by atoms with van der Waals surface area (Å²) in [6.45, 7) is 3.97. The average Bonchev–Trinajstić information content (AvgIpc) is 3.57. The van der Waals surface area contributed by atoms with E-state index in [2.05, 4.69) is 164 Å². The lowest BCUT2D eigenvalue weighted by atomic mass is 9.73. The zero-order chi connectivity index (χ0) is 38.5. The summed E-state index contributed by atoms with van der Waals surface area (Å²) in [5, 5.41) is 35.7. The second kappa shape index (κ2) is 11.4. The van der Waals surface area contributed by atoms with Crippen LogP contribution in [0.2, 0.25) is 0 Å². The van der Waals surface area contributed by atoms with Crippen LogP contribution >= 0.6 is 0 Å². The molecule has 1 saturated heterocycles. The van der Waals surface area contributed by atoms with Gasteiger partial charge >= 0.3 is 0 Å². The van der Waals surface area contributed by atoms with Gasteiger partial charge in [-0.05, 0) is 127 Å². The van der Waals surface area contributed by atoms with Crippen LogP contribution in [0.1, 0.15) is 30.5 Å². The van der Waals surface area contributed by atoms with E-state index in [0.29, 0.717) is 6.42 Å². The highest BCUT2D eigenvalue weighted by atomic mass is 16.8. The first-order valence-electron chi connectivity index (χ1n) is 20.4. The second-order valence-corrected chi connectivity index (χ2v) is 17.1. The van der Waals surface area contributed by atoms with E-state index in [1.54, 1.807) is 0 Å². The quantitative estimate of drug-likeness (QED) is 0.178. The van der Waals surface area contributed by atoms with Crippen LogP contribution in [0.3, 0.4) is 0 Å². The minimum Gasteiger partial charge on any atom is -0.377 e. The maximum atomic E-state index is 14.4. The summed E-state index contributed by atoms with van der Waals surface area (Å²) in [6.07, 6.45) is -0.698. The third-order valence-electron chi connectivity index (χ3n) is 13.5. The Morgan fingerprint density at radius 2 is 0.759 bits per heavy atom. The largest absolute Gasteiger partial charge is 0.377 e. The number of aliphatic hydroxyl groups is 1. The molecule has 58 heavy (non-hydrogen) atoms. The molecule has 12 aromatic carbocycles. The first-order chi connectivity index (χ1) is 28.3. The van der Waals surface area contributed by atoms with Gasteiger partial charge in [-0.15, -0.1) is 0 Å². The van der Waals surface area contributed by atoms with Crippen molar-refractivity contribution in [1.82, 2.24) is 0 Å². The summed E-state index contributed by atoms with van der Waals surface area (Å²) in [4.78, 5) is 0. The Labute approximate surface area is 334 Å². The Hall–Kier alpha value is -6.36. The molecule has 276 valence electrons. The molecule has 2 atom stereocenters. The van der Waals surface area contributed by atoms with E-state index in [-0.39, 0.29) is 0 Å². The third kappa shape index (κ3) is 4.33. The van der Waals surface area contributed by atoms with E-state index in [9.17, 15) is 5.11 Å². The van der Waals surface area contributed by atoms with Crippen molar-refractivity contribution in [2.24, 2.45) is 0 Å². The van der Waals surface area contributed by atoms with Crippen LogP contribution in [0.25, 0.3) is 97.0 Å². The summed E-state index contributed by atoms with van der Waals surface area (Å²) in [5.41, 5.74) is 1.18. The van der Waals surface area contributed by atoms with E-state index in [1.165, 1.54) is 70.2 Å². The topological polar surface area (TPSA) is 38.7 Å². The maximum absolute atomic E-state index is 14.4. The number of hydrogen-bond acceptors (Lipinski definition) is 3. The van der Waals surface area contributed by atoms with E-state index in [0.717, 1.165) is 43.4 Å². The fourth-order valence-electron chi connectivity index (χ4n) is 11.1. The fraction of sp³-hybridized carbons (Fsp3) is 0.127. The Balaban J connectivity index is 1.09. The number of benzene rings is 12. The molecule has 1 fully saturated rings. The monoisotopic (exact) mass is 746 g/mol. The average molecular weight is 747 g/mol. The molecule has 0 bridgehead atoms. The minimum absolute atomic E-state index is 0.490. The van der Waals surface area contributed by atoms with Crippen molar-refractivity contribution in [3.8, 4) is 0 Å². The lowest BCUT2D eigenvalue weighted by Gasteiger charge is -2.39. The molecular weight excluding hydrogens is 709 g/mol. The first-order valence-corrected chi connectivity index (χ1v) is 20.4. The third-order valence-corrected chi connectivity index (χ3v) is 13.5. The predicted molar refractivity (Wildman–Crippen MR) is 241 cm³/mol. The van der Waals surface area contributed by atoms with Crippen molar-refractivity contribution in [1.29, 1.82) is 0 Å². The van der Waals surface area contributed by atoms with Gasteiger partial charge in [0, 0.05) is 6.42 Å². The Morgan fingerprint density at radius 3 is 1.21 bits per heavy atom. The van der Waals surface area contributed by atoms with Gasteiger partial charge in [-0.3, -0.25) is 0 Å². The zero-order valence-corrected chi connectivity index (χ0v) is 32.2. The molecule has 0 radical (unpaired) electrons. The van der Waals surface area contributed by atoms with Gasteiger partial charge in [0.1, 0.15) is 11.7 Å². The van der Waals surface area contributed by atoms with Gasteiger partial charge in [-0.25, -0.2) is 0 Å². The van der Waals surface area contributed by atoms with Crippen molar-refractivity contribution in [3.05, 3.63) is 180 Å². The highest BCUT2D eigenvalue weighted by Crippen LogP contribution is 2.51. The molecule has 0 aromatic heterocycles. The summed E-state index contributed by atoms with van der Waals surface area (Å²) < 4.78 is 14.2. The van der Waals surface area contributed by atoms with Gasteiger partial charge in [0.15, 0.2) is 5.79 Å². The van der Waals surface area contributed by atoms with Gasteiger partial charge in [0.25, 0.3) is 0 Å². The molecule has 0 aliphatic carbocycles. The highest BCUT2D eigenvalue weighted by Gasteiger charge is 2.55. The molecule has 13 rings (SSSR count). The second-order valence-electron chi connectivity index (χ2n) is 17.1. The van der Waals surface area contributed by atoms with Crippen molar-refractivity contribution in [3.63, 3.8) is 0 Å². The van der Waals surface area contributed by atoms with E-state index in [4.69, 9.17) is 9.47 Å². The van der Waals surface area contributed by atoms with Crippen LogP contribution in [-0.2, 0) is 21.5 Å². The van der Waals surface area contributed by atoms with Crippen molar-refractivity contribution < 1.29 is 14.6 Å². The molecule has 0 unspecified atom stereocenters. The van der Waals surface area contributed by atoms with Crippen LogP contribution in [0.5, 0.6) is 0 Å². The summed E-state index contributed by atoms with van der Waals surface area (Å²) >= 11 is 0. The molecule has 0 amide bonds. The molecule has 0 spiro atoms. The Morgan fingerprint density at radius 1 is 0.414 bits per heavy atom. The number of hydrogen-bond donors (Lipinski definition) is 1. The maximum Gasteiger partial charge on any atom is 0.163 e. The summed E-state index contributed by atoms with van der Waals surface area (Å²) in [5.74, 6) is -0.958. The van der Waals surface area contributed by atoms with Crippen LogP contribution in [0.15, 0.2) is 164 Å². The fourth-order valence-corrected chi connectivity index (χ4v) is 11.1. The lowest BCUT2D eigenvalue weighted by molar-refractivity contribution is -0.165. The SMILES string of the molecule is CC1(C)O[C@@H](Cc2ccc3ccc4cccc5ccc2c3c45)[C@H](C(O)(c2ccc3ccc4cccc5ccc2c3c45)c2ccc3ccc4cccc5ccc2c3c45)O1. The minimum atomic E-state index is -1.63. The van der Waals surface area contributed by atoms with E-state index >= 15 is 0 Å². The molecule has 1 aliphatic rings. The zero-order valence-electron chi connectivity index (χ0n) is 32.2. The molecule has 12 aromatic rings. The smallest absolute Gasteiger partial charge is 0.163 e. The van der Waals surface area contributed by atoms with Crippen LogP contribution in [0, 0.1) is 0 Å². The molecule has 1 aliphatic heterocycles. The molecule has 0 saturated carbocycles. The summed E-state index contributed by atoms with van der Waals surface area (Å²) in [6, 6.07) is 59.3. The van der Waals surface area contributed by atoms with Crippen molar-refractivity contribution in [2.75, 3.05) is 0 Å². The van der Waals surface area contributed by atoms with E-state index < -0.39 is 23.6 Å². The molecular formula is C55H38O3. The van der Waals surface area contributed by atoms with Crippen LogP contribution in [-0.4, -0.2) is 23.1 Å². The lowest BCUT2D eigenvalue weighted by Crippen LogP contribution is -2.47. The molecule has 3 nitrogen and oxygen atoms in total. The molecule has 1 N–H and O–H groups in total. The van der Waals surface area contributed by atoms with Gasteiger partial charge in [-0.1, -0.05) is 164 Å². The normalized spacial score (nSPS) is 17.6. The number of rotatable bonds is 5. The first kappa shape index (κ1) is 32.7.